The van der Waals surface area contributed by atoms with Gasteiger partial charge in [-0.3, -0.25) is 0 Å². The molecule has 2 saturated carbocycles. The maximum Gasteiger partial charge on any atom is 0.193 e. The van der Waals surface area contributed by atoms with Crippen LogP contribution in [0.15, 0.2) is 29.3 Å². The lowest BCUT2D eigenvalue weighted by atomic mass is 10.1. The standard InChI is InChI=1S/C15H21N3O.HI/c1-19-12-6-4-11(5-7-12)17-14(16)18-13-10-15(13)8-2-3-9-15;/h4-7,13H,2-3,8-10H2,1H3,(H3,16,17,18);1H. The molecule has 2 fully saturated rings. The van der Waals surface area contributed by atoms with Crippen molar-refractivity contribution in [3.05, 3.63) is 24.3 Å². The van der Waals surface area contributed by atoms with Gasteiger partial charge in [0.15, 0.2) is 5.96 Å². The summed E-state index contributed by atoms with van der Waals surface area (Å²) < 4.78 is 5.12. The van der Waals surface area contributed by atoms with Crippen LogP contribution in [0.3, 0.4) is 0 Å². The Morgan fingerprint density at radius 1 is 1.30 bits per heavy atom. The molecule has 3 N–H and O–H groups in total. The van der Waals surface area contributed by atoms with E-state index in [0.29, 0.717) is 17.4 Å². The SMILES string of the molecule is COc1ccc(NC(N)=NC2CC23CCCC3)cc1.I. The van der Waals surface area contributed by atoms with Gasteiger partial charge in [-0.25, -0.2) is 4.99 Å². The Morgan fingerprint density at radius 2 is 1.95 bits per heavy atom. The van der Waals surface area contributed by atoms with E-state index in [-0.39, 0.29) is 24.0 Å². The van der Waals surface area contributed by atoms with Crippen molar-refractivity contribution in [2.24, 2.45) is 16.1 Å². The summed E-state index contributed by atoms with van der Waals surface area (Å²) in [5, 5.41) is 3.14. The highest BCUT2D eigenvalue weighted by Crippen LogP contribution is 2.59. The second-order valence-corrected chi connectivity index (χ2v) is 5.66. The van der Waals surface area contributed by atoms with Crippen LogP contribution >= 0.6 is 24.0 Å². The van der Waals surface area contributed by atoms with Crippen molar-refractivity contribution in [1.82, 2.24) is 0 Å². The summed E-state index contributed by atoms with van der Waals surface area (Å²) in [6, 6.07) is 8.15. The van der Waals surface area contributed by atoms with E-state index in [1.54, 1.807) is 7.11 Å². The minimum atomic E-state index is 0. The molecule has 0 amide bonds. The Kier molecular flexibility index (Phi) is 4.78. The van der Waals surface area contributed by atoms with Crippen LogP contribution in [0.5, 0.6) is 5.75 Å². The van der Waals surface area contributed by atoms with Gasteiger partial charge in [-0.05, 0) is 48.9 Å². The fourth-order valence-electron chi connectivity index (χ4n) is 3.15. The number of nitrogens with zero attached hydrogens (tertiary/aromatic N) is 1. The number of methoxy groups -OCH3 is 1. The second-order valence-electron chi connectivity index (χ2n) is 5.66. The summed E-state index contributed by atoms with van der Waals surface area (Å²) in [4.78, 5) is 4.61. The zero-order valence-corrected chi connectivity index (χ0v) is 14.1. The van der Waals surface area contributed by atoms with Crippen LogP contribution in [0.25, 0.3) is 0 Å². The fraction of sp³-hybridized carbons (Fsp3) is 0.533. The molecular formula is C15H22IN3O. The van der Waals surface area contributed by atoms with E-state index in [4.69, 9.17) is 10.5 Å². The Morgan fingerprint density at radius 3 is 2.55 bits per heavy atom. The van der Waals surface area contributed by atoms with Crippen LogP contribution in [0.4, 0.5) is 5.69 Å². The molecule has 0 bridgehead atoms. The van der Waals surface area contributed by atoms with Gasteiger partial charge in [0.2, 0.25) is 0 Å². The monoisotopic (exact) mass is 387 g/mol. The van der Waals surface area contributed by atoms with Crippen LogP contribution in [-0.4, -0.2) is 19.1 Å². The molecule has 1 atom stereocenters. The highest BCUT2D eigenvalue weighted by Gasteiger charge is 2.55. The van der Waals surface area contributed by atoms with Gasteiger partial charge >= 0.3 is 0 Å². The molecule has 0 radical (unpaired) electrons. The van der Waals surface area contributed by atoms with Crippen molar-refractivity contribution in [3.8, 4) is 5.75 Å². The molecule has 2 aliphatic carbocycles. The minimum Gasteiger partial charge on any atom is -0.497 e. The summed E-state index contributed by atoms with van der Waals surface area (Å²) in [6.07, 6.45) is 6.60. The number of aliphatic imine (C=N–C) groups is 1. The molecule has 0 saturated heterocycles. The molecule has 0 aliphatic heterocycles. The number of ether oxygens (including phenoxy) is 1. The first-order valence-electron chi connectivity index (χ1n) is 6.96. The number of nitrogens with two attached hydrogens (primary N) is 1. The zero-order chi connectivity index (χ0) is 13.3. The normalized spacial score (nSPS) is 23.2. The fourth-order valence-corrected chi connectivity index (χ4v) is 3.15. The van der Waals surface area contributed by atoms with Crippen LogP contribution < -0.4 is 15.8 Å². The van der Waals surface area contributed by atoms with Gasteiger partial charge in [0.05, 0.1) is 13.2 Å². The number of hydrogen-bond donors (Lipinski definition) is 2. The summed E-state index contributed by atoms with van der Waals surface area (Å²) in [5.41, 5.74) is 7.43. The van der Waals surface area contributed by atoms with Crippen molar-refractivity contribution < 1.29 is 4.74 Å². The topological polar surface area (TPSA) is 59.6 Å². The predicted molar refractivity (Wildman–Crippen MR) is 93.0 cm³/mol. The van der Waals surface area contributed by atoms with E-state index in [9.17, 15) is 0 Å². The highest BCUT2D eigenvalue weighted by molar-refractivity contribution is 14.0. The Bertz CT molecular complexity index is 480. The molecule has 20 heavy (non-hydrogen) atoms. The lowest BCUT2D eigenvalue weighted by Gasteiger charge is -2.08. The number of guanidine groups is 1. The lowest BCUT2D eigenvalue weighted by molar-refractivity contribution is 0.415. The summed E-state index contributed by atoms with van der Waals surface area (Å²) in [6.45, 7) is 0. The van der Waals surface area contributed by atoms with E-state index >= 15 is 0 Å². The minimum absolute atomic E-state index is 0. The quantitative estimate of drug-likeness (QED) is 0.475. The molecular weight excluding hydrogens is 365 g/mol. The first-order chi connectivity index (χ1) is 9.22. The first-order valence-corrected chi connectivity index (χ1v) is 6.96. The summed E-state index contributed by atoms with van der Waals surface area (Å²) in [7, 11) is 1.66. The molecule has 1 spiro atoms. The van der Waals surface area contributed by atoms with Crippen molar-refractivity contribution >= 4 is 35.6 Å². The van der Waals surface area contributed by atoms with Crippen molar-refractivity contribution in [2.75, 3.05) is 12.4 Å². The third kappa shape index (κ3) is 3.19. The average Bonchev–Trinajstić information content (AvgIpc) is 2.85. The van der Waals surface area contributed by atoms with Crippen LogP contribution in [0.1, 0.15) is 32.1 Å². The average molecular weight is 387 g/mol. The van der Waals surface area contributed by atoms with Crippen LogP contribution in [0, 0.1) is 5.41 Å². The van der Waals surface area contributed by atoms with Crippen LogP contribution in [0.2, 0.25) is 0 Å². The summed E-state index contributed by atoms with van der Waals surface area (Å²) >= 11 is 0. The first kappa shape index (κ1) is 15.4. The largest absolute Gasteiger partial charge is 0.497 e. The van der Waals surface area contributed by atoms with Gasteiger partial charge < -0.3 is 15.8 Å². The zero-order valence-electron chi connectivity index (χ0n) is 11.8. The Labute approximate surface area is 137 Å². The number of nitrogens with one attached hydrogen (secondary N) is 1. The number of rotatable bonds is 3. The molecule has 0 aromatic heterocycles. The van der Waals surface area contributed by atoms with E-state index < -0.39 is 0 Å². The Balaban J connectivity index is 0.00000147. The number of anilines is 1. The lowest BCUT2D eigenvalue weighted by Crippen LogP contribution is -2.23. The van der Waals surface area contributed by atoms with Crippen molar-refractivity contribution in [2.45, 2.75) is 38.1 Å². The van der Waals surface area contributed by atoms with Gasteiger partial charge in [0, 0.05) is 5.69 Å². The van der Waals surface area contributed by atoms with Crippen molar-refractivity contribution in [3.63, 3.8) is 0 Å². The smallest absolute Gasteiger partial charge is 0.193 e. The molecule has 0 heterocycles. The van der Waals surface area contributed by atoms with Gasteiger partial charge in [-0.15, -0.1) is 24.0 Å². The molecule has 1 unspecified atom stereocenters. The maximum absolute atomic E-state index is 5.98. The number of hydrogen-bond acceptors (Lipinski definition) is 2. The maximum atomic E-state index is 5.98. The van der Waals surface area contributed by atoms with Gasteiger partial charge in [-0.2, -0.15) is 0 Å². The second kappa shape index (κ2) is 6.20. The summed E-state index contributed by atoms with van der Waals surface area (Å²) in [5.74, 6) is 1.37. The molecule has 4 nitrogen and oxygen atoms in total. The van der Waals surface area contributed by atoms with Gasteiger partial charge in [0.25, 0.3) is 0 Å². The Hall–Kier alpha value is -0.980. The molecule has 2 aliphatic rings. The van der Waals surface area contributed by atoms with E-state index in [0.717, 1.165) is 11.4 Å². The molecule has 1 aromatic carbocycles. The van der Waals surface area contributed by atoms with E-state index in [1.165, 1.54) is 32.1 Å². The van der Waals surface area contributed by atoms with E-state index in [2.05, 4.69) is 10.3 Å². The molecule has 110 valence electrons. The third-order valence-corrected chi connectivity index (χ3v) is 4.40. The molecule has 1 aromatic rings. The molecule has 3 rings (SSSR count). The molecule has 5 heteroatoms. The highest BCUT2D eigenvalue weighted by atomic mass is 127. The van der Waals surface area contributed by atoms with E-state index in [1.807, 2.05) is 24.3 Å². The van der Waals surface area contributed by atoms with Crippen LogP contribution in [-0.2, 0) is 0 Å². The van der Waals surface area contributed by atoms with Gasteiger partial charge in [0.1, 0.15) is 5.75 Å². The number of halogens is 1. The number of benzene rings is 1. The predicted octanol–water partition coefficient (Wildman–Crippen LogP) is 3.37. The van der Waals surface area contributed by atoms with Crippen molar-refractivity contribution in [1.29, 1.82) is 0 Å². The third-order valence-electron chi connectivity index (χ3n) is 4.40. The van der Waals surface area contributed by atoms with Gasteiger partial charge in [-0.1, -0.05) is 12.8 Å².